The summed E-state index contributed by atoms with van der Waals surface area (Å²) >= 11 is 1.76. The van der Waals surface area contributed by atoms with Crippen molar-refractivity contribution in [3.05, 3.63) is 58.6 Å². The number of aromatic nitrogens is 1. The van der Waals surface area contributed by atoms with Crippen molar-refractivity contribution in [2.75, 3.05) is 26.2 Å². The van der Waals surface area contributed by atoms with E-state index >= 15 is 0 Å². The summed E-state index contributed by atoms with van der Waals surface area (Å²) in [5.41, 5.74) is 10.2. The van der Waals surface area contributed by atoms with E-state index in [1.807, 2.05) is 19.1 Å². The second kappa shape index (κ2) is 8.57. The number of para-hydroxylation sites is 2. The van der Waals surface area contributed by atoms with E-state index in [4.69, 9.17) is 15.5 Å². The van der Waals surface area contributed by atoms with Gasteiger partial charge in [0.2, 0.25) is 0 Å². The molecule has 0 spiro atoms. The molecule has 0 saturated carbocycles. The van der Waals surface area contributed by atoms with Crippen LogP contribution in [0.4, 0.5) is 0 Å². The van der Waals surface area contributed by atoms with E-state index in [0.717, 1.165) is 42.3 Å². The van der Waals surface area contributed by atoms with Gasteiger partial charge in [0.25, 0.3) is 0 Å². The molecule has 3 N–H and O–H groups in total. The SMILES string of the molecule is CCOc1ccccc1C1CN(C(N)Cc2nc3c(C)cccc3s2)CCN1. The van der Waals surface area contributed by atoms with Gasteiger partial charge >= 0.3 is 0 Å². The number of piperazine rings is 1. The number of nitrogens with one attached hydrogen (secondary N) is 1. The highest BCUT2D eigenvalue weighted by Gasteiger charge is 2.27. The molecule has 0 amide bonds. The van der Waals surface area contributed by atoms with Crippen molar-refractivity contribution in [1.29, 1.82) is 0 Å². The number of thiazole rings is 1. The molecule has 148 valence electrons. The Morgan fingerprint density at radius 1 is 1.29 bits per heavy atom. The first-order chi connectivity index (χ1) is 13.7. The highest BCUT2D eigenvalue weighted by molar-refractivity contribution is 7.18. The van der Waals surface area contributed by atoms with Crippen LogP contribution < -0.4 is 15.8 Å². The average Bonchev–Trinajstić information content (AvgIpc) is 3.13. The van der Waals surface area contributed by atoms with Gasteiger partial charge in [-0.3, -0.25) is 4.90 Å². The Kier molecular flexibility index (Phi) is 5.92. The van der Waals surface area contributed by atoms with Crippen molar-refractivity contribution in [3.8, 4) is 5.75 Å². The van der Waals surface area contributed by atoms with Crippen LogP contribution in [0.1, 0.15) is 29.1 Å². The van der Waals surface area contributed by atoms with Gasteiger partial charge in [-0.25, -0.2) is 4.98 Å². The maximum atomic E-state index is 6.61. The molecule has 2 heterocycles. The summed E-state index contributed by atoms with van der Waals surface area (Å²) in [5.74, 6) is 0.958. The van der Waals surface area contributed by atoms with E-state index in [1.54, 1.807) is 11.3 Å². The third kappa shape index (κ3) is 4.05. The van der Waals surface area contributed by atoms with Gasteiger partial charge in [0, 0.05) is 37.7 Å². The molecular formula is C22H28N4OS. The number of hydrogen-bond acceptors (Lipinski definition) is 6. The Morgan fingerprint density at radius 2 is 2.14 bits per heavy atom. The Balaban J connectivity index is 1.47. The third-order valence-electron chi connectivity index (χ3n) is 5.32. The molecule has 1 saturated heterocycles. The second-order valence-corrected chi connectivity index (χ2v) is 8.39. The maximum absolute atomic E-state index is 6.61. The van der Waals surface area contributed by atoms with Gasteiger partial charge in [-0.15, -0.1) is 11.3 Å². The first-order valence-electron chi connectivity index (χ1n) is 9.95. The van der Waals surface area contributed by atoms with Crippen LogP contribution >= 0.6 is 11.3 Å². The van der Waals surface area contributed by atoms with Gasteiger partial charge < -0.3 is 15.8 Å². The minimum atomic E-state index is -0.0373. The zero-order valence-corrected chi connectivity index (χ0v) is 17.3. The zero-order chi connectivity index (χ0) is 19.5. The summed E-state index contributed by atoms with van der Waals surface area (Å²) in [6, 6.07) is 14.9. The van der Waals surface area contributed by atoms with Crippen molar-refractivity contribution in [2.24, 2.45) is 5.73 Å². The van der Waals surface area contributed by atoms with Crippen LogP contribution in [0.3, 0.4) is 0 Å². The lowest BCUT2D eigenvalue weighted by Gasteiger charge is -2.37. The monoisotopic (exact) mass is 396 g/mol. The number of nitrogens with two attached hydrogens (primary N) is 1. The second-order valence-electron chi connectivity index (χ2n) is 7.27. The lowest BCUT2D eigenvalue weighted by atomic mass is 10.0. The van der Waals surface area contributed by atoms with Gasteiger partial charge in [-0.2, -0.15) is 0 Å². The summed E-state index contributed by atoms with van der Waals surface area (Å²) < 4.78 is 7.07. The first kappa shape index (κ1) is 19.3. The fourth-order valence-electron chi connectivity index (χ4n) is 3.87. The summed E-state index contributed by atoms with van der Waals surface area (Å²) in [7, 11) is 0. The van der Waals surface area contributed by atoms with Crippen molar-refractivity contribution >= 4 is 21.6 Å². The molecule has 4 rings (SSSR count). The number of nitrogens with zero attached hydrogens (tertiary/aromatic N) is 2. The van der Waals surface area contributed by atoms with Gasteiger partial charge in [0.05, 0.1) is 28.0 Å². The Bertz CT molecular complexity index is 941. The van der Waals surface area contributed by atoms with E-state index in [0.29, 0.717) is 6.61 Å². The van der Waals surface area contributed by atoms with Crippen LogP contribution in [0.25, 0.3) is 10.2 Å². The smallest absolute Gasteiger partial charge is 0.124 e. The molecule has 2 unspecified atom stereocenters. The number of ether oxygens (including phenoxy) is 1. The van der Waals surface area contributed by atoms with Gasteiger partial charge in [-0.05, 0) is 31.5 Å². The standard InChI is InChI=1S/C22H28N4OS/c1-3-27-18-9-5-4-8-16(18)17-14-26(12-11-24-17)20(23)13-21-25-22-15(2)7-6-10-19(22)28-21/h4-10,17,20,24H,3,11-14,23H2,1-2H3. The lowest BCUT2D eigenvalue weighted by molar-refractivity contribution is 0.144. The average molecular weight is 397 g/mol. The molecule has 0 aliphatic carbocycles. The van der Waals surface area contributed by atoms with E-state index in [1.165, 1.54) is 15.8 Å². The molecule has 0 bridgehead atoms. The van der Waals surface area contributed by atoms with Gasteiger partial charge in [0.15, 0.2) is 0 Å². The number of rotatable bonds is 6. The fourth-order valence-corrected chi connectivity index (χ4v) is 4.96. The van der Waals surface area contributed by atoms with E-state index < -0.39 is 0 Å². The van der Waals surface area contributed by atoms with Crippen molar-refractivity contribution in [1.82, 2.24) is 15.2 Å². The van der Waals surface area contributed by atoms with Crippen molar-refractivity contribution in [3.63, 3.8) is 0 Å². The van der Waals surface area contributed by atoms with Crippen LogP contribution in [0.15, 0.2) is 42.5 Å². The van der Waals surface area contributed by atoms with Crippen LogP contribution in [-0.4, -0.2) is 42.3 Å². The minimum Gasteiger partial charge on any atom is -0.494 e. The molecule has 6 heteroatoms. The largest absolute Gasteiger partial charge is 0.494 e. The topological polar surface area (TPSA) is 63.4 Å². The van der Waals surface area contributed by atoms with Crippen molar-refractivity contribution in [2.45, 2.75) is 32.5 Å². The zero-order valence-electron chi connectivity index (χ0n) is 16.5. The molecule has 1 aromatic heterocycles. The number of benzene rings is 2. The molecule has 1 aliphatic rings. The maximum Gasteiger partial charge on any atom is 0.124 e. The minimum absolute atomic E-state index is 0.0373. The quantitative estimate of drug-likeness (QED) is 0.668. The fraction of sp³-hybridized carbons (Fsp3) is 0.409. The summed E-state index contributed by atoms with van der Waals surface area (Å²) in [6.45, 7) is 7.53. The van der Waals surface area contributed by atoms with Crippen LogP contribution in [0.5, 0.6) is 5.75 Å². The van der Waals surface area contributed by atoms with E-state index in [2.05, 4.69) is 47.5 Å². The molecule has 2 aromatic carbocycles. The molecule has 5 nitrogen and oxygen atoms in total. The number of fused-ring (bicyclic) bond motifs is 1. The number of aryl methyl sites for hydroxylation is 1. The molecular weight excluding hydrogens is 368 g/mol. The van der Waals surface area contributed by atoms with Gasteiger partial charge in [0.1, 0.15) is 5.75 Å². The summed E-state index contributed by atoms with van der Waals surface area (Å²) in [6.07, 6.45) is 0.739. The molecule has 28 heavy (non-hydrogen) atoms. The van der Waals surface area contributed by atoms with E-state index in [-0.39, 0.29) is 12.2 Å². The van der Waals surface area contributed by atoms with Crippen LogP contribution in [0.2, 0.25) is 0 Å². The summed E-state index contributed by atoms with van der Waals surface area (Å²) in [4.78, 5) is 7.20. The highest BCUT2D eigenvalue weighted by atomic mass is 32.1. The number of hydrogen-bond donors (Lipinski definition) is 2. The molecule has 1 aliphatic heterocycles. The molecule has 1 fully saturated rings. The van der Waals surface area contributed by atoms with Gasteiger partial charge in [-0.1, -0.05) is 30.3 Å². The molecule has 3 aromatic rings. The Labute approximate surface area is 170 Å². The Hall–Kier alpha value is -1.99. The lowest BCUT2D eigenvalue weighted by Crippen LogP contribution is -2.53. The van der Waals surface area contributed by atoms with E-state index in [9.17, 15) is 0 Å². The van der Waals surface area contributed by atoms with Crippen molar-refractivity contribution < 1.29 is 4.74 Å². The predicted octanol–water partition coefficient (Wildman–Crippen LogP) is 3.48. The predicted molar refractivity (Wildman–Crippen MR) is 116 cm³/mol. The molecule has 0 radical (unpaired) electrons. The normalized spacial score (nSPS) is 19.0. The Morgan fingerprint density at radius 3 is 2.96 bits per heavy atom. The summed E-state index contributed by atoms with van der Waals surface area (Å²) in [5, 5.41) is 4.73. The van der Waals surface area contributed by atoms with Crippen LogP contribution in [-0.2, 0) is 6.42 Å². The molecule has 2 atom stereocenters. The van der Waals surface area contributed by atoms with Crippen LogP contribution in [0, 0.1) is 6.92 Å². The highest BCUT2D eigenvalue weighted by Crippen LogP contribution is 2.29. The first-order valence-corrected chi connectivity index (χ1v) is 10.8. The third-order valence-corrected chi connectivity index (χ3v) is 6.36.